The molecule has 0 aliphatic heterocycles. The van der Waals surface area contributed by atoms with Crippen molar-refractivity contribution < 1.29 is 14.6 Å². The van der Waals surface area contributed by atoms with Crippen LogP contribution in [0.1, 0.15) is 13.8 Å². The first-order chi connectivity index (χ1) is 8.49. The molecule has 0 radical (unpaired) electrons. The summed E-state index contributed by atoms with van der Waals surface area (Å²) in [6.45, 7) is 3.07. The van der Waals surface area contributed by atoms with E-state index in [4.69, 9.17) is 9.84 Å². The monoisotopic (exact) mass is 262 g/mol. The number of hydrogen-bond donors (Lipinski definition) is 1. The summed E-state index contributed by atoms with van der Waals surface area (Å²) in [5.74, 6) is -0.419. The van der Waals surface area contributed by atoms with E-state index in [9.17, 15) is 4.79 Å². The average molecular weight is 262 g/mol. The first-order valence-electron chi connectivity index (χ1n) is 5.55. The second-order valence-corrected chi connectivity index (χ2v) is 5.37. The summed E-state index contributed by atoms with van der Waals surface area (Å²) in [6, 6.07) is 11.5. The first-order valence-corrected chi connectivity index (χ1v) is 6.43. The van der Waals surface area contributed by atoms with E-state index < -0.39 is 11.6 Å². The molecule has 2 aromatic rings. The highest BCUT2D eigenvalue weighted by molar-refractivity contribution is 7.13. The maximum absolute atomic E-state index is 11.0. The van der Waals surface area contributed by atoms with Crippen LogP contribution in [0.4, 0.5) is 0 Å². The molecular formula is C14H14O3S. The Morgan fingerprint density at radius 3 is 2.67 bits per heavy atom. The van der Waals surface area contributed by atoms with Crippen LogP contribution in [0.5, 0.6) is 5.75 Å². The van der Waals surface area contributed by atoms with Crippen molar-refractivity contribution in [3.05, 3.63) is 41.8 Å². The molecular weight excluding hydrogens is 248 g/mol. The van der Waals surface area contributed by atoms with Crippen LogP contribution in [0.2, 0.25) is 0 Å². The number of carboxylic acids is 1. The number of thiophene rings is 1. The van der Waals surface area contributed by atoms with Crippen molar-refractivity contribution in [2.45, 2.75) is 19.4 Å². The van der Waals surface area contributed by atoms with Gasteiger partial charge >= 0.3 is 5.97 Å². The Kier molecular flexibility index (Phi) is 3.39. The molecule has 1 heterocycles. The molecule has 1 aromatic carbocycles. The zero-order chi connectivity index (χ0) is 13.2. The van der Waals surface area contributed by atoms with Gasteiger partial charge in [-0.3, -0.25) is 0 Å². The van der Waals surface area contributed by atoms with Gasteiger partial charge in [0.25, 0.3) is 0 Å². The molecule has 3 nitrogen and oxygen atoms in total. The van der Waals surface area contributed by atoms with E-state index in [0.29, 0.717) is 5.75 Å². The van der Waals surface area contributed by atoms with Gasteiger partial charge in [-0.1, -0.05) is 18.2 Å². The van der Waals surface area contributed by atoms with Crippen LogP contribution in [0, 0.1) is 0 Å². The van der Waals surface area contributed by atoms with Gasteiger partial charge in [0.1, 0.15) is 5.75 Å². The van der Waals surface area contributed by atoms with E-state index in [1.54, 1.807) is 17.4 Å². The number of aliphatic carboxylic acids is 1. The topological polar surface area (TPSA) is 46.5 Å². The summed E-state index contributed by atoms with van der Waals surface area (Å²) in [4.78, 5) is 12.1. The van der Waals surface area contributed by atoms with E-state index in [-0.39, 0.29) is 0 Å². The quantitative estimate of drug-likeness (QED) is 0.914. The molecule has 1 aromatic heterocycles. The van der Waals surface area contributed by atoms with Crippen molar-refractivity contribution in [2.24, 2.45) is 0 Å². The maximum Gasteiger partial charge on any atom is 0.347 e. The number of rotatable bonds is 4. The standard InChI is InChI=1S/C14H14O3S/c1-14(2,13(15)16)17-11-6-3-5-10(9-11)12-7-4-8-18-12/h3-9H,1-2H3,(H,15,16). The Hall–Kier alpha value is -1.81. The van der Waals surface area contributed by atoms with Gasteiger partial charge in [0.15, 0.2) is 5.60 Å². The van der Waals surface area contributed by atoms with Gasteiger partial charge < -0.3 is 9.84 Å². The number of ether oxygens (including phenoxy) is 1. The molecule has 0 unspecified atom stereocenters. The van der Waals surface area contributed by atoms with Gasteiger partial charge in [-0.25, -0.2) is 4.79 Å². The summed E-state index contributed by atoms with van der Waals surface area (Å²) in [6.07, 6.45) is 0. The second-order valence-electron chi connectivity index (χ2n) is 4.42. The molecule has 0 aliphatic rings. The molecule has 2 rings (SSSR count). The number of benzene rings is 1. The minimum Gasteiger partial charge on any atom is -0.478 e. The predicted molar refractivity (Wildman–Crippen MR) is 72.1 cm³/mol. The van der Waals surface area contributed by atoms with E-state index in [1.165, 1.54) is 13.8 Å². The van der Waals surface area contributed by atoms with Crippen molar-refractivity contribution in [3.63, 3.8) is 0 Å². The third-order valence-corrected chi connectivity index (χ3v) is 3.45. The molecule has 0 saturated carbocycles. The van der Waals surface area contributed by atoms with Crippen molar-refractivity contribution in [1.29, 1.82) is 0 Å². The molecule has 4 heteroatoms. The Balaban J connectivity index is 2.26. The fourth-order valence-electron chi connectivity index (χ4n) is 1.49. The van der Waals surface area contributed by atoms with Crippen LogP contribution in [0.3, 0.4) is 0 Å². The van der Waals surface area contributed by atoms with Crippen molar-refractivity contribution in [3.8, 4) is 16.2 Å². The lowest BCUT2D eigenvalue weighted by molar-refractivity contribution is -0.152. The van der Waals surface area contributed by atoms with E-state index in [1.807, 2.05) is 35.7 Å². The van der Waals surface area contributed by atoms with Gasteiger partial charge in [-0.2, -0.15) is 0 Å². The lowest BCUT2D eigenvalue weighted by Crippen LogP contribution is -2.37. The fraction of sp³-hybridized carbons (Fsp3) is 0.214. The van der Waals surface area contributed by atoms with E-state index in [2.05, 4.69) is 0 Å². The zero-order valence-corrected chi connectivity index (χ0v) is 11.0. The minimum atomic E-state index is -1.23. The van der Waals surface area contributed by atoms with Gasteiger partial charge in [-0.15, -0.1) is 11.3 Å². The van der Waals surface area contributed by atoms with Crippen LogP contribution < -0.4 is 4.74 Å². The maximum atomic E-state index is 11.0. The molecule has 0 bridgehead atoms. The average Bonchev–Trinajstić information content (AvgIpc) is 2.82. The normalized spacial score (nSPS) is 11.2. The van der Waals surface area contributed by atoms with Crippen LogP contribution >= 0.6 is 11.3 Å². The first kappa shape index (κ1) is 12.6. The SMILES string of the molecule is CC(C)(Oc1cccc(-c2cccs2)c1)C(=O)O. The highest BCUT2D eigenvalue weighted by Gasteiger charge is 2.29. The van der Waals surface area contributed by atoms with Crippen molar-refractivity contribution >= 4 is 17.3 Å². The smallest absolute Gasteiger partial charge is 0.347 e. The summed E-state index contributed by atoms with van der Waals surface area (Å²) < 4.78 is 5.51. The highest BCUT2D eigenvalue weighted by atomic mass is 32.1. The third kappa shape index (κ3) is 2.71. The van der Waals surface area contributed by atoms with Crippen LogP contribution in [-0.2, 0) is 4.79 Å². The molecule has 0 aliphatic carbocycles. The third-order valence-electron chi connectivity index (χ3n) is 2.53. The van der Waals surface area contributed by atoms with Crippen LogP contribution in [0.15, 0.2) is 41.8 Å². The van der Waals surface area contributed by atoms with Crippen LogP contribution in [-0.4, -0.2) is 16.7 Å². The van der Waals surface area contributed by atoms with Gasteiger partial charge in [-0.05, 0) is 43.0 Å². The molecule has 94 valence electrons. The molecule has 0 fully saturated rings. The minimum absolute atomic E-state index is 0.563. The second kappa shape index (κ2) is 4.82. The molecule has 1 N–H and O–H groups in total. The lowest BCUT2D eigenvalue weighted by atomic mass is 10.1. The Labute approximate surface area is 110 Å². The Morgan fingerprint density at radius 1 is 1.28 bits per heavy atom. The summed E-state index contributed by atoms with van der Waals surface area (Å²) in [5, 5.41) is 11.0. The molecule has 0 saturated heterocycles. The van der Waals surface area contributed by atoms with Crippen molar-refractivity contribution in [2.75, 3.05) is 0 Å². The Morgan fingerprint density at radius 2 is 2.06 bits per heavy atom. The Bertz CT molecular complexity index is 544. The highest BCUT2D eigenvalue weighted by Crippen LogP contribution is 2.29. The fourth-order valence-corrected chi connectivity index (χ4v) is 2.22. The van der Waals surface area contributed by atoms with Gasteiger partial charge in [0.05, 0.1) is 0 Å². The molecule has 18 heavy (non-hydrogen) atoms. The molecule has 0 spiro atoms. The number of hydrogen-bond acceptors (Lipinski definition) is 3. The predicted octanol–water partition coefficient (Wildman–Crippen LogP) is 3.66. The summed E-state index contributed by atoms with van der Waals surface area (Å²) in [5.41, 5.74) is -0.197. The number of carbonyl (C=O) groups is 1. The molecule has 0 amide bonds. The number of carboxylic acid groups (broad SMARTS) is 1. The van der Waals surface area contributed by atoms with Gasteiger partial charge in [0.2, 0.25) is 0 Å². The summed E-state index contributed by atoms with van der Waals surface area (Å²) in [7, 11) is 0. The molecule has 0 atom stereocenters. The van der Waals surface area contributed by atoms with Crippen molar-refractivity contribution in [1.82, 2.24) is 0 Å². The summed E-state index contributed by atoms with van der Waals surface area (Å²) >= 11 is 1.64. The van der Waals surface area contributed by atoms with Gasteiger partial charge in [0, 0.05) is 4.88 Å². The van der Waals surface area contributed by atoms with E-state index in [0.717, 1.165) is 10.4 Å². The van der Waals surface area contributed by atoms with E-state index >= 15 is 0 Å². The largest absolute Gasteiger partial charge is 0.478 e. The lowest BCUT2D eigenvalue weighted by Gasteiger charge is -2.21. The zero-order valence-electron chi connectivity index (χ0n) is 10.2. The van der Waals surface area contributed by atoms with Crippen LogP contribution in [0.25, 0.3) is 10.4 Å².